The zero-order chi connectivity index (χ0) is 13.7. The number of hydrogen-bond acceptors (Lipinski definition) is 3. The second-order valence-electron chi connectivity index (χ2n) is 5.53. The summed E-state index contributed by atoms with van der Waals surface area (Å²) in [6.45, 7) is 3.34. The average molecular weight is 258 g/mol. The number of nitriles is 1. The van der Waals surface area contributed by atoms with Crippen LogP contribution in [-0.4, -0.2) is 13.7 Å². The van der Waals surface area contributed by atoms with E-state index in [0.717, 1.165) is 29.8 Å². The highest BCUT2D eigenvalue weighted by Crippen LogP contribution is 2.30. The van der Waals surface area contributed by atoms with Crippen molar-refractivity contribution in [2.24, 2.45) is 11.8 Å². The summed E-state index contributed by atoms with van der Waals surface area (Å²) in [6.07, 6.45) is 5.31. The molecule has 19 heavy (non-hydrogen) atoms. The van der Waals surface area contributed by atoms with Crippen molar-refractivity contribution in [1.29, 1.82) is 5.26 Å². The van der Waals surface area contributed by atoms with Crippen molar-refractivity contribution in [2.45, 2.75) is 32.6 Å². The van der Waals surface area contributed by atoms with Crippen LogP contribution in [0.1, 0.15) is 38.2 Å². The Kier molecular flexibility index (Phi) is 4.68. The fourth-order valence-electron chi connectivity index (χ4n) is 2.69. The maximum atomic E-state index is 8.88. The van der Waals surface area contributed by atoms with E-state index in [-0.39, 0.29) is 0 Å². The van der Waals surface area contributed by atoms with Crippen LogP contribution >= 0.6 is 0 Å². The fourth-order valence-corrected chi connectivity index (χ4v) is 2.69. The first-order valence-corrected chi connectivity index (χ1v) is 7.05. The van der Waals surface area contributed by atoms with E-state index < -0.39 is 0 Å². The molecule has 1 aliphatic rings. The maximum absolute atomic E-state index is 8.88. The van der Waals surface area contributed by atoms with Crippen LogP contribution in [0.25, 0.3) is 0 Å². The van der Waals surface area contributed by atoms with E-state index in [9.17, 15) is 0 Å². The van der Waals surface area contributed by atoms with Crippen molar-refractivity contribution in [3.8, 4) is 11.8 Å². The number of methoxy groups -OCH3 is 1. The second-order valence-corrected chi connectivity index (χ2v) is 5.53. The minimum absolute atomic E-state index is 0.633. The summed E-state index contributed by atoms with van der Waals surface area (Å²) < 4.78 is 5.33. The lowest BCUT2D eigenvalue weighted by atomic mass is 9.83. The molecule has 0 spiro atoms. The van der Waals surface area contributed by atoms with Crippen LogP contribution in [0.2, 0.25) is 0 Å². The Labute approximate surface area is 115 Å². The van der Waals surface area contributed by atoms with E-state index in [0.29, 0.717) is 5.56 Å². The monoisotopic (exact) mass is 258 g/mol. The molecule has 0 bridgehead atoms. The Morgan fingerprint density at radius 3 is 2.68 bits per heavy atom. The number of nitrogens with one attached hydrogen (secondary N) is 1. The van der Waals surface area contributed by atoms with Crippen LogP contribution < -0.4 is 10.1 Å². The Bertz CT molecular complexity index is 456. The molecule has 102 valence electrons. The predicted octanol–water partition coefficient (Wildman–Crippen LogP) is 3.81. The molecule has 1 aromatic rings. The summed E-state index contributed by atoms with van der Waals surface area (Å²) in [6, 6.07) is 7.68. The summed E-state index contributed by atoms with van der Waals surface area (Å²) in [5.74, 6) is 2.40. The molecule has 0 radical (unpaired) electrons. The van der Waals surface area contributed by atoms with Crippen LogP contribution in [0, 0.1) is 23.2 Å². The fraction of sp³-hybridized carbons (Fsp3) is 0.562. The average Bonchev–Trinajstić information content (AvgIpc) is 2.46. The molecule has 2 rings (SSSR count). The molecule has 3 nitrogen and oxygen atoms in total. The van der Waals surface area contributed by atoms with Crippen LogP contribution in [0.5, 0.6) is 5.75 Å². The van der Waals surface area contributed by atoms with E-state index in [2.05, 4.69) is 18.3 Å². The molecule has 0 saturated heterocycles. The first kappa shape index (κ1) is 13.7. The van der Waals surface area contributed by atoms with Gasteiger partial charge in [0.25, 0.3) is 0 Å². The number of benzene rings is 1. The predicted molar refractivity (Wildman–Crippen MR) is 77.3 cm³/mol. The lowest BCUT2D eigenvalue weighted by molar-refractivity contribution is 0.300. The summed E-state index contributed by atoms with van der Waals surface area (Å²) in [5.41, 5.74) is 1.62. The molecule has 0 unspecified atom stereocenters. The minimum atomic E-state index is 0.633. The molecule has 0 aromatic heterocycles. The maximum Gasteiger partial charge on any atom is 0.143 e. The van der Waals surface area contributed by atoms with Crippen molar-refractivity contribution in [3.63, 3.8) is 0 Å². The van der Waals surface area contributed by atoms with Gasteiger partial charge in [-0.15, -0.1) is 0 Å². The lowest BCUT2D eigenvalue weighted by Crippen LogP contribution is -2.20. The van der Waals surface area contributed by atoms with Gasteiger partial charge < -0.3 is 10.1 Å². The van der Waals surface area contributed by atoms with E-state index >= 15 is 0 Å². The molecule has 1 saturated carbocycles. The van der Waals surface area contributed by atoms with Crippen molar-refractivity contribution in [2.75, 3.05) is 19.0 Å². The highest BCUT2D eigenvalue weighted by molar-refractivity contribution is 5.59. The molecule has 1 N–H and O–H groups in total. The number of anilines is 1. The molecule has 1 aliphatic carbocycles. The van der Waals surface area contributed by atoms with Crippen LogP contribution in [0.3, 0.4) is 0 Å². The first-order valence-electron chi connectivity index (χ1n) is 7.05. The SMILES string of the molecule is COc1cc(C#N)ccc1NCC1CCC(C)CC1. The highest BCUT2D eigenvalue weighted by Gasteiger charge is 2.18. The van der Waals surface area contributed by atoms with Gasteiger partial charge in [0.1, 0.15) is 5.75 Å². The zero-order valence-corrected chi connectivity index (χ0v) is 11.8. The van der Waals surface area contributed by atoms with Crippen molar-refractivity contribution in [3.05, 3.63) is 23.8 Å². The van der Waals surface area contributed by atoms with Gasteiger partial charge in [-0.1, -0.05) is 19.8 Å². The molecular weight excluding hydrogens is 236 g/mol. The van der Waals surface area contributed by atoms with Gasteiger partial charge in [-0.05, 0) is 36.8 Å². The van der Waals surface area contributed by atoms with Crippen LogP contribution in [0.15, 0.2) is 18.2 Å². The first-order chi connectivity index (χ1) is 9.22. The zero-order valence-electron chi connectivity index (χ0n) is 11.8. The third-order valence-corrected chi connectivity index (χ3v) is 4.05. The lowest BCUT2D eigenvalue weighted by Gasteiger charge is -2.26. The Hall–Kier alpha value is -1.69. The highest BCUT2D eigenvalue weighted by atomic mass is 16.5. The van der Waals surface area contributed by atoms with Gasteiger partial charge in [0, 0.05) is 12.6 Å². The van der Waals surface area contributed by atoms with Crippen molar-refractivity contribution >= 4 is 5.69 Å². The summed E-state index contributed by atoms with van der Waals surface area (Å²) >= 11 is 0. The van der Waals surface area contributed by atoms with Gasteiger partial charge in [0.15, 0.2) is 0 Å². The molecule has 0 atom stereocenters. The largest absolute Gasteiger partial charge is 0.495 e. The van der Waals surface area contributed by atoms with Gasteiger partial charge in [-0.25, -0.2) is 0 Å². The third-order valence-electron chi connectivity index (χ3n) is 4.05. The Morgan fingerprint density at radius 2 is 2.05 bits per heavy atom. The van der Waals surface area contributed by atoms with Gasteiger partial charge in [-0.3, -0.25) is 0 Å². The van der Waals surface area contributed by atoms with Crippen molar-refractivity contribution in [1.82, 2.24) is 0 Å². The smallest absolute Gasteiger partial charge is 0.143 e. The quantitative estimate of drug-likeness (QED) is 0.893. The molecule has 1 fully saturated rings. The number of ether oxygens (including phenoxy) is 1. The van der Waals surface area contributed by atoms with Gasteiger partial charge in [-0.2, -0.15) is 5.26 Å². The van der Waals surface area contributed by atoms with Crippen molar-refractivity contribution < 1.29 is 4.74 Å². The topological polar surface area (TPSA) is 45.0 Å². The van der Waals surface area contributed by atoms with Gasteiger partial charge in [0.05, 0.1) is 24.4 Å². The molecule has 0 amide bonds. The van der Waals surface area contributed by atoms with Gasteiger partial charge in [0.2, 0.25) is 0 Å². The molecule has 0 aliphatic heterocycles. The molecule has 1 aromatic carbocycles. The third kappa shape index (κ3) is 3.64. The second kappa shape index (κ2) is 6.47. The normalized spacial score (nSPS) is 22.6. The molecule has 3 heteroatoms. The Balaban J connectivity index is 1.94. The van der Waals surface area contributed by atoms with E-state index in [4.69, 9.17) is 10.00 Å². The molecule has 0 heterocycles. The van der Waals surface area contributed by atoms with Gasteiger partial charge >= 0.3 is 0 Å². The standard InChI is InChI=1S/C16H22N2O/c1-12-3-5-13(6-4-12)11-18-15-8-7-14(10-17)9-16(15)19-2/h7-9,12-13,18H,3-6,11H2,1-2H3. The van der Waals surface area contributed by atoms with E-state index in [1.165, 1.54) is 25.7 Å². The minimum Gasteiger partial charge on any atom is -0.495 e. The number of nitrogens with zero attached hydrogens (tertiary/aromatic N) is 1. The van der Waals surface area contributed by atoms with E-state index in [1.54, 1.807) is 13.2 Å². The van der Waals surface area contributed by atoms with Crippen LogP contribution in [0.4, 0.5) is 5.69 Å². The summed E-state index contributed by atoms with van der Waals surface area (Å²) in [7, 11) is 1.64. The summed E-state index contributed by atoms with van der Waals surface area (Å²) in [5, 5.41) is 12.3. The van der Waals surface area contributed by atoms with Crippen LogP contribution in [-0.2, 0) is 0 Å². The molecular formula is C16H22N2O. The Morgan fingerprint density at radius 1 is 1.32 bits per heavy atom. The summed E-state index contributed by atoms with van der Waals surface area (Å²) in [4.78, 5) is 0. The van der Waals surface area contributed by atoms with E-state index in [1.807, 2.05) is 12.1 Å². The number of hydrogen-bond donors (Lipinski definition) is 1. The number of rotatable bonds is 4.